The highest BCUT2D eigenvalue weighted by Crippen LogP contribution is 2.16. The first kappa shape index (κ1) is 16.3. The predicted molar refractivity (Wildman–Crippen MR) is 82.2 cm³/mol. The van der Waals surface area contributed by atoms with Crippen molar-refractivity contribution in [1.82, 2.24) is 10.6 Å². The van der Waals surface area contributed by atoms with E-state index in [1.54, 1.807) is 0 Å². The second kappa shape index (κ2) is 8.41. The van der Waals surface area contributed by atoms with Crippen LogP contribution in [0.5, 0.6) is 5.75 Å². The van der Waals surface area contributed by atoms with Gasteiger partial charge in [0.25, 0.3) is 0 Å². The minimum Gasteiger partial charge on any atom is -0.492 e. The van der Waals surface area contributed by atoms with E-state index in [0.29, 0.717) is 11.6 Å². The van der Waals surface area contributed by atoms with E-state index in [2.05, 4.69) is 31.4 Å². The van der Waals surface area contributed by atoms with E-state index in [0.717, 1.165) is 31.8 Å². The van der Waals surface area contributed by atoms with Crippen molar-refractivity contribution in [2.45, 2.75) is 32.7 Å². The van der Waals surface area contributed by atoms with Crippen molar-refractivity contribution in [2.75, 3.05) is 26.2 Å². The summed E-state index contributed by atoms with van der Waals surface area (Å²) in [4.78, 5) is 0. The van der Waals surface area contributed by atoms with E-state index >= 15 is 0 Å². The van der Waals surface area contributed by atoms with Gasteiger partial charge in [-0.2, -0.15) is 0 Å². The van der Waals surface area contributed by atoms with Gasteiger partial charge in [-0.3, -0.25) is 0 Å². The molecule has 0 radical (unpaired) electrons. The van der Waals surface area contributed by atoms with Gasteiger partial charge in [-0.05, 0) is 58.5 Å². The van der Waals surface area contributed by atoms with Crippen LogP contribution < -0.4 is 15.4 Å². The van der Waals surface area contributed by atoms with Gasteiger partial charge in [0.05, 0.1) is 0 Å². The van der Waals surface area contributed by atoms with Crippen molar-refractivity contribution < 1.29 is 4.74 Å². The summed E-state index contributed by atoms with van der Waals surface area (Å²) in [6.45, 7) is 10.1. The first-order chi connectivity index (χ1) is 8.97. The summed E-state index contributed by atoms with van der Waals surface area (Å²) in [7, 11) is 0. The fourth-order valence-corrected chi connectivity index (χ4v) is 1.78. The van der Waals surface area contributed by atoms with E-state index < -0.39 is 0 Å². The van der Waals surface area contributed by atoms with E-state index in [1.807, 2.05) is 24.3 Å². The number of halogens is 1. The zero-order chi connectivity index (χ0) is 14.1. The zero-order valence-electron chi connectivity index (χ0n) is 12.1. The maximum Gasteiger partial charge on any atom is 0.120 e. The number of nitrogens with one attached hydrogen (secondary N) is 2. The number of hydrogen-bond donors (Lipinski definition) is 2. The summed E-state index contributed by atoms with van der Waals surface area (Å²) in [6, 6.07) is 7.48. The molecule has 0 unspecified atom stereocenters. The average Bonchev–Trinajstić information content (AvgIpc) is 2.31. The molecule has 2 N–H and O–H groups in total. The highest BCUT2D eigenvalue weighted by atomic mass is 35.5. The summed E-state index contributed by atoms with van der Waals surface area (Å²) >= 11 is 5.88. The topological polar surface area (TPSA) is 33.3 Å². The summed E-state index contributed by atoms with van der Waals surface area (Å²) in [5.74, 6) is 0.823. The third kappa shape index (κ3) is 8.87. The zero-order valence-corrected chi connectivity index (χ0v) is 12.9. The minimum absolute atomic E-state index is 0.204. The molecule has 0 heterocycles. The number of hydrogen-bond acceptors (Lipinski definition) is 3. The fourth-order valence-electron chi connectivity index (χ4n) is 1.60. The first-order valence-electron chi connectivity index (χ1n) is 6.81. The molecule has 0 amide bonds. The quantitative estimate of drug-likeness (QED) is 0.720. The molecule has 0 spiro atoms. The molecule has 0 aliphatic carbocycles. The Balaban J connectivity index is 1.97. The first-order valence-corrected chi connectivity index (χ1v) is 7.19. The molecule has 4 heteroatoms. The minimum atomic E-state index is 0.204. The Morgan fingerprint density at radius 3 is 2.63 bits per heavy atom. The smallest absolute Gasteiger partial charge is 0.120 e. The van der Waals surface area contributed by atoms with Gasteiger partial charge in [0.2, 0.25) is 0 Å². The summed E-state index contributed by atoms with van der Waals surface area (Å²) in [6.07, 6.45) is 1.12. The lowest BCUT2D eigenvalue weighted by molar-refractivity contribution is 0.313. The van der Waals surface area contributed by atoms with Gasteiger partial charge in [0.15, 0.2) is 0 Å². The number of benzene rings is 1. The highest BCUT2D eigenvalue weighted by Gasteiger charge is 2.06. The Labute approximate surface area is 121 Å². The van der Waals surface area contributed by atoms with Crippen molar-refractivity contribution in [3.05, 3.63) is 29.3 Å². The molecule has 0 bridgehead atoms. The van der Waals surface area contributed by atoms with Crippen LogP contribution in [-0.4, -0.2) is 31.8 Å². The molecule has 0 aromatic heterocycles. The van der Waals surface area contributed by atoms with Crippen LogP contribution in [0.4, 0.5) is 0 Å². The lowest BCUT2D eigenvalue weighted by Crippen LogP contribution is -2.37. The van der Waals surface area contributed by atoms with Gasteiger partial charge in [0, 0.05) is 17.1 Å². The van der Waals surface area contributed by atoms with Crippen molar-refractivity contribution in [3.63, 3.8) is 0 Å². The van der Waals surface area contributed by atoms with Crippen LogP contribution in [0.15, 0.2) is 24.3 Å². The predicted octanol–water partition coefficient (Wildman–Crippen LogP) is 3.09. The van der Waals surface area contributed by atoms with Crippen molar-refractivity contribution >= 4 is 11.6 Å². The van der Waals surface area contributed by atoms with E-state index in [4.69, 9.17) is 16.3 Å². The van der Waals surface area contributed by atoms with Gasteiger partial charge >= 0.3 is 0 Å². The largest absolute Gasteiger partial charge is 0.492 e. The lowest BCUT2D eigenvalue weighted by atomic mass is 10.1. The van der Waals surface area contributed by atoms with E-state index in [-0.39, 0.29) is 5.54 Å². The van der Waals surface area contributed by atoms with Crippen molar-refractivity contribution in [3.8, 4) is 5.75 Å². The van der Waals surface area contributed by atoms with E-state index in [9.17, 15) is 0 Å². The molecule has 0 aliphatic rings. The summed E-state index contributed by atoms with van der Waals surface area (Å²) < 4.78 is 5.59. The van der Waals surface area contributed by atoms with Crippen LogP contribution in [0, 0.1) is 0 Å². The van der Waals surface area contributed by atoms with Gasteiger partial charge in [-0.25, -0.2) is 0 Å². The average molecular weight is 285 g/mol. The second-order valence-corrected chi connectivity index (χ2v) is 6.02. The van der Waals surface area contributed by atoms with Crippen LogP contribution in [0.2, 0.25) is 5.02 Å². The van der Waals surface area contributed by atoms with Gasteiger partial charge in [-0.15, -0.1) is 0 Å². The normalized spacial score (nSPS) is 11.6. The maximum absolute atomic E-state index is 5.88. The third-order valence-corrected chi connectivity index (χ3v) is 2.76. The Bertz CT molecular complexity index is 363. The highest BCUT2D eigenvalue weighted by molar-refractivity contribution is 6.30. The van der Waals surface area contributed by atoms with Crippen molar-refractivity contribution in [2.24, 2.45) is 0 Å². The molecular formula is C15H25ClN2O. The van der Waals surface area contributed by atoms with Gasteiger partial charge in [0.1, 0.15) is 12.4 Å². The SMILES string of the molecule is CC(C)(C)NCCCNCCOc1cccc(Cl)c1. The molecule has 108 valence electrons. The molecular weight excluding hydrogens is 260 g/mol. The second-order valence-electron chi connectivity index (χ2n) is 5.59. The molecule has 1 rings (SSSR count). The Morgan fingerprint density at radius 1 is 1.16 bits per heavy atom. The van der Waals surface area contributed by atoms with Crippen LogP contribution in [-0.2, 0) is 0 Å². The van der Waals surface area contributed by atoms with Crippen LogP contribution >= 0.6 is 11.6 Å². The van der Waals surface area contributed by atoms with Crippen molar-refractivity contribution in [1.29, 1.82) is 0 Å². The maximum atomic E-state index is 5.88. The molecule has 1 aromatic rings. The lowest BCUT2D eigenvalue weighted by Gasteiger charge is -2.20. The summed E-state index contributed by atoms with van der Waals surface area (Å²) in [5, 5.41) is 7.52. The molecule has 19 heavy (non-hydrogen) atoms. The molecule has 0 fully saturated rings. The fraction of sp³-hybridized carbons (Fsp3) is 0.600. The Hall–Kier alpha value is -0.770. The summed E-state index contributed by atoms with van der Waals surface area (Å²) in [5.41, 5.74) is 0.204. The molecule has 0 atom stereocenters. The van der Waals surface area contributed by atoms with E-state index in [1.165, 1.54) is 0 Å². The Kier molecular flexibility index (Phi) is 7.21. The standard InChI is InChI=1S/C15H25ClN2O/c1-15(2,3)18-9-5-8-17-10-11-19-14-7-4-6-13(16)12-14/h4,6-7,12,17-18H,5,8-11H2,1-3H3. The molecule has 1 aromatic carbocycles. The Morgan fingerprint density at radius 2 is 1.95 bits per heavy atom. The number of rotatable bonds is 8. The van der Waals surface area contributed by atoms with Gasteiger partial charge in [-0.1, -0.05) is 17.7 Å². The number of ether oxygens (including phenoxy) is 1. The molecule has 0 aliphatic heterocycles. The molecule has 0 saturated heterocycles. The van der Waals surface area contributed by atoms with Crippen LogP contribution in [0.25, 0.3) is 0 Å². The third-order valence-electron chi connectivity index (χ3n) is 2.53. The molecule has 3 nitrogen and oxygen atoms in total. The monoisotopic (exact) mass is 284 g/mol. The molecule has 0 saturated carbocycles. The van der Waals surface area contributed by atoms with Gasteiger partial charge < -0.3 is 15.4 Å². The van der Waals surface area contributed by atoms with Crippen LogP contribution in [0.1, 0.15) is 27.2 Å². The van der Waals surface area contributed by atoms with Crippen LogP contribution in [0.3, 0.4) is 0 Å².